The van der Waals surface area contributed by atoms with Gasteiger partial charge >= 0.3 is 0 Å². The maximum absolute atomic E-state index is 13.3. The molecule has 1 N–H and O–H groups in total. The summed E-state index contributed by atoms with van der Waals surface area (Å²) in [5, 5.41) is 3.18. The van der Waals surface area contributed by atoms with Crippen LogP contribution >= 0.6 is 0 Å². The van der Waals surface area contributed by atoms with Gasteiger partial charge in [0.15, 0.2) is 0 Å². The van der Waals surface area contributed by atoms with Gasteiger partial charge in [0, 0.05) is 25.4 Å². The van der Waals surface area contributed by atoms with Crippen LogP contribution in [-0.2, 0) is 14.3 Å². The van der Waals surface area contributed by atoms with Gasteiger partial charge in [-0.2, -0.15) is 0 Å². The third kappa shape index (κ3) is 6.38. The Morgan fingerprint density at radius 3 is 2.18 bits per heavy atom. The molecule has 0 aromatic heterocycles. The number of nitrogens with zero attached hydrogens (tertiary/aromatic N) is 1. The normalized spacial score (nSPS) is 13.7. The summed E-state index contributed by atoms with van der Waals surface area (Å²) < 4.78 is 16.7. The van der Waals surface area contributed by atoms with Gasteiger partial charge in [-0.3, -0.25) is 14.5 Å². The monoisotopic (exact) mass is 466 g/mol. The average molecular weight is 467 g/mol. The molecular formula is C27H34N2O5. The molecule has 3 rings (SSSR count). The minimum absolute atomic E-state index is 0.0664. The Kier molecular flexibility index (Phi) is 9.10. The van der Waals surface area contributed by atoms with Crippen LogP contribution < -0.4 is 14.8 Å². The summed E-state index contributed by atoms with van der Waals surface area (Å²) in [6, 6.07) is 14.6. The predicted molar refractivity (Wildman–Crippen MR) is 133 cm³/mol. The van der Waals surface area contributed by atoms with Crippen molar-refractivity contribution in [2.75, 3.05) is 31.7 Å². The number of carbonyl (C=O) groups is 2. The zero-order chi connectivity index (χ0) is 24.5. The van der Waals surface area contributed by atoms with E-state index < -0.39 is 0 Å². The third-order valence-corrected chi connectivity index (χ3v) is 5.15. The molecular weight excluding hydrogens is 432 g/mol. The first kappa shape index (κ1) is 25.3. The Balaban J connectivity index is 1.88. The number of amides is 2. The third-order valence-electron chi connectivity index (χ3n) is 5.15. The molecule has 1 aliphatic heterocycles. The van der Waals surface area contributed by atoms with Crippen LogP contribution in [-0.4, -0.2) is 49.2 Å². The fourth-order valence-corrected chi connectivity index (χ4v) is 3.60. The van der Waals surface area contributed by atoms with Crippen molar-refractivity contribution >= 4 is 23.1 Å². The van der Waals surface area contributed by atoms with Gasteiger partial charge in [0.1, 0.15) is 17.2 Å². The Morgan fingerprint density at radius 1 is 0.882 bits per heavy atom. The van der Waals surface area contributed by atoms with Gasteiger partial charge in [0.25, 0.3) is 11.8 Å². The van der Waals surface area contributed by atoms with E-state index in [1.54, 1.807) is 0 Å². The van der Waals surface area contributed by atoms with E-state index in [2.05, 4.69) is 5.32 Å². The van der Waals surface area contributed by atoms with Crippen molar-refractivity contribution in [1.82, 2.24) is 4.90 Å². The summed E-state index contributed by atoms with van der Waals surface area (Å²) >= 11 is 0. The number of nitrogens with one attached hydrogen (secondary N) is 1. The van der Waals surface area contributed by atoms with E-state index in [1.807, 2.05) is 76.2 Å². The average Bonchev–Trinajstić information content (AvgIpc) is 3.05. The molecule has 0 unspecified atom stereocenters. The summed E-state index contributed by atoms with van der Waals surface area (Å²) in [7, 11) is 0. The van der Waals surface area contributed by atoms with E-state index in [0.29, 0.717) is 49.6 Å². The van der Waals surface area contributed by atoms with E-state index in [1.165, 1.54) is 4.90 Å². The fraction of sp³-hybridized carbons (Fsp3) is 0.407. The predicted octanol–water partition coefficient (Wildman–Crippen LogP) is 4.88. The second-order valence-corrected chi connectivity index (χ2v) is 8.25. The van der Waals surface area contributed by atoms with E-state index >= 15 is 0 Å². The number of rotatable bonds is 13. The van der Waals surface area contributed by atoms with Gasteiger partial charge in [0.05, 0.1) is 18.3 Å². The van der Waals surface area contributed by atoms with Crippen LogP contribution in [0.25, 0.3) is 5.57 Å². The Bertz CT molecular complexity index is 997. The van der Waals surface area contributed by atoms with Crippen molar-refractivity contribution in [3.8, 4) is 11.5 Å². The molecule has 0 saturated heterocycles. The molecule has 34 heavy (non-hydrogen) atoms. The van der Waals surface area contributed by atoms with Gasteiger partial charge < -0.3 is 19.5 Å². The van der Waals surface area contributed by atoms with E-state index in [-0.39, 0.29) is 23.6 Å². The Labute approximate surface area is 201 Å². The molecule has 0 fully saturated rings. The highest BCUT2D eigenvalue weighted by molar-refractivity contribution is 6.36. The molecule has 182 valence electrons. The molecule has 7 heteroatoms. The van der Waals surface area contributed by atoms with Crippen LogP contribution in [0.15, 0.2) is 54.2 Å². The molecule has 0 radical (unpaired) electrons. The van der Waals surface area contributed by atoms with Crippen molar-refractivity contribution < 1.29 is 23.8 Å². The van der Waals surface area contributed by atoms with Crippen molar-refractivity contribution in [1.29, 1.82) is 0 Å². The molecule has 7 nitrogen and oxygen atoms in total. The summed E-state index contributed by atoms with van der Waals surface area (Å²) in [5.41, 5.74) is 1.98. The first-order valence-electron chi connectivity index (χ1n) is 11.9. The Hall–Kier alpha value is -3.32. The van der Waals surface area contributed by atoms with Crippen molar-refractivity contribution in [2.45, 2.75) is 46.6 Å². The van der Waals surface area contributed by atoms with Crippen LogP contribution in [0, 0.1) is 0 Å². The first-order chi connectivity index (χ1) is 16.4. The van der Waals surface area contributed by atoms with Crippen molar-refractivity contribution in [3.05, 3.63) is 59.8 Å². The lowest BCUT2D eigenvalue weighted by molar-refractivity contribution is -0.137. The largest absolute Gasteiger partial charge is 0.494 e. The zero-order valence-corrected chi connectivity index (χ0v) is 20.4. The van der Waals surface area contributed by atoms with Crippen LogP contribution in [0.4, 0.5) is 5.69 Å². The maximum Gasteiger partial charge on any atom is 0.278 e. The second-order valence-electron chi connectivity index (χ2n) is 8.25. The van der Waals surface area contributed by atoms with Gasteiger partial charge in [-0.15, -0.1) is 0 Å². The molecule has 1 heterocycles. The summed E-state index contributed by atoms with van der Waals surface area (Å²) in [5.74, 6) is 0.812. The fourth-order valence-electron chi connectivity index (χ4n) is 3.60. The van der Waals surface area contributed by atoms with E-state index in [0.717, 1.165) is 17.9 Å². The quantitative estimate of drug-likeness (QED) is 0.335. The zero-order valence-electron chi connectivity index (χ0n) is 20.4. The standard InChI is InChI=1S/C27H34N2O5/c1-5-17-33-22-12-8-20(9-13-22)24-25(27(31)29(26(24)30)16-7-18-32-6-2)28-21-10-14-23(15-11-21)34-19(3)4/h8-15,19,28H,5-7,16-18H2,1-4H3. The van der Waals surface area contributed by atoms with Crippen LogP contribution in [0.3, 0.4) is 0 Å². The highest BCUT2D eigenvalue weighted by Gasteiger charge is 2.38. The van der Waals surface area contributed by atoms with Gasteiger partial charge in [-0.1, -0.05) is 19.1 Å². The summed E-state index contributed by atoms with van der Waals surface area (Å²) in [6.07, 6.45) is 1.56. The molecule has 1 aliphatic rings. The van der Waals surface area contributed by atoms with Crippen molar-refractivity contribution in [3.63, 3.8) is 0 Å². The number of ether oxygens (including phenoxy) is 3. The molecule has 0 saturated carbocycles. The Morgan fingerprint density at radius 2 is 1.56 bits per heavy atom. The number of hydrogen-bond donors (Lipinski definition) is 1. The van der Waals surface area contributed by atoms with Crippen LogP contribution in [0.5, 0.6) is 11.5 Å². The SMILES string of the molecule is CCCOc1ccc(C2=C(Nc3ccc(OC(C)C)cc3)C(=O)N(CCCOCC)C2=O)cc1. The molecule has 0 atom stereocenters. The molecule has 2 aromatic rings. The van der Waals surface area contributed by atoms with Crippen LogP contribution in [0.2, 0.25) is 0 Å². The lowest BCUT2D eigenvalue weighted by atomic mass is 10.0. The number of carbonyl (C=O) groups excluding carboxylic acids is 2. The number of hydrogen-bond acceptors (Lipinski definition) is 6. The maximum atomic E-state index is 13.3. The highest BCUT2D eigenvalue weighted by Crippen LogP contribution is 2.32. The minimum Gasteiger partial charge on any atom is -0.494 e. The summed E-state index contributed by atoms with van der Waals surface area (Å²) in [6.45, 7) is 9.89. The lowest BCUT2D eigenvalue weighted by Crippen LogP contribution is -2.34. The smallest absolute Gasteiger partial charge is 0.278 e. The van der Waals surface area contributed by atoms with Crippen LogP contribution in [0.1, 0.15) is 46.1 Å². The summed E-state index contributed by atoms with van der Waals surface area (Å²) in [4.78, 5) is 27.9. The molecule has 2 aromatic carbocycles. The van der Waals surface area contributed by atoms with Gasteiger partial charge in [-0.05, 0) is 75.6 Å². The first-order valence-corrected chi connectivity index (χ1v) is 11.9. The molecule has 2 amide bonds. The molecule has 0 aliphatic carbocycles. The number of benzene rings is 2. The van der Waals surface area contributed by atoms with Gasteiger partial charge in [0.2, 0.25) is 0 Å². The molecule has 0 spiro atoms. The second kappa shape index (κ2) is 12.2. The molecule has 0 bridgehead atoms. The minimum atomic E-state index is -0.342. The highest BCUT2D eigenvalue weighted by atomic mass is 16.5. The van der Waals surface area contributed by atoms with E-state index in [4.69, 9.17) is 14.2 Å². The number of anilines is 1. The lowest BCUT2D eigenvalue weighted by Gasteiger charge is -2.15. The van der Waals surface area contributed by atoms with E-state index in [9.17, 15) is 9.59 Å². The van der Waals surface area contributed by atoms with Gasteiger partial charge in [-0.25, -0.2) is 0 Å². The van der Waals surface area contributed by atoms with Crippen molar-refractivity contribution in [2.24, 2.45) is 0 Å². The topological polar surface area (TPSA) is 77.1 Å². The number of imide groups is 1.